The van der Waals surface area contributed by atoms with E-state index >= 15 is 0 Å². The molecular weight excluding hydrogens is 1060 g/mol. The van der Waals surface area contributed by atoms with Crippen LogP contribution < -0.4 is 41.6 Å². The van der Waals surface area contributed by atoms with E-state index in [1.807, 2.05) is 79.2 Å². The van der Waals surface area contributed by atoms with Crippen LogP contribution in [-0.2, 0) is 29.3 Å². The van der Waals surface area contributed by atoms with Crippen LogP contribution in [0.25, 0.3) is 55.1 Å². The summed E-state index contributed by atoms with van der Waals surface area (Å²) < 4.78 is 17.7. The summed E-state index contributed by atoms with van der Waals surface area (Å²) in [5.74, 6) is 1.09. The van der Waals surface area contributed by atoms with E-state index < -0.39 is 12.1 Å². The SMILES string of the molecule is CCn1nccc1-c1ccc(CNC(=O)C2CCCN2C(=O)C(C(C)C)n2cc3c(n2)c(=O)[nH]c2cc(COc4c(-c5c(C)ccc(N)c5C=N)c(C5CC5)cc5c(N6CC7CC6CN7)nc(OC6CC7(CCNCC7)C6)nc45)ccc23)cc1. The van der Waals surface area contributed by atoms with Crippen LogP contribution in [0.1, 0.15) is 118 Å². The second kappa shape index (κ2) is 21.5. The van der Waals surface area contributed by atoms with Crippen molar-refractivity contribution >= 4 is 62.2 Å². The number of nitrogens with one attached hydrogen (secondary N) is 5. The highest BCUT2D eigenvalue weighted by Gasteiger charge is 2.47. The Kier molecular flexibility index (Phi) is 13.8. The molecule has 19 heteroatoms. The summed E-state index contributed by atoms with van der Waals surface area (Å²) in [7, 11) is 0. The third-order valence-electron chi connectivity index (χ3n) is 19.1. The van der Waals surface area contributed by atoms with Gasteiger partial charge in [-0.15, -0.1) is 0 Å². The first-order valence-corrected chi connectivity index (χ1v) is 30.4. The molecule has 4 unspecified atom stereocenters. The van der Waals surface area contributed by atoms with Gasteiger partial charge < -0.3 is 51.4 Å². The first kappa shape index (κ1) is 53.8. The van der Waals surface area contributed by atoms with E-state index in [-0.39, 0.29) is 53.5 Å². The summed E-state index contributed by atoms with van der Waals surface area (Å²) in [6.07, 6.45) is 13.5. The third kappa shape index (κ3) is 9.62. The maximum atomic E-state index is 14.8. The zero-order valence-corrected chi connectivity index (χ0v) is 48.3. The molecule has 2 aliphatic carbocycles. The van der Waals surface area contributed by atoms with Crippen molar-refractivity contribution in [3.8, 4) is 34.1 Å². The molecule has 2 amide bonds. The number of nitrogens with zero attached hydrogens (tertiary/aromatic N) is 8. The maximum absolute atomic E-state index is 14.8. The fourth-order valence-corrected chi connectivity index (χ4v) is 14.5. The number of carbonyl (C=O) groups excluding carboxylic acids is 2. The summed E-state index contributed by atoms with van der Waals surface area (Å²) >= 11 is 0. The number of benzene rings is 4. The minimum Gasteiger partial charge on any atom is -0.486 e. The van der Waals surface area contributed by atoms with Crippen molar-refractivity contribution in [3.63, 3.8) is 0 Å². The van der Waals surface area contributed by atoms with Crippen molar-refractivity contribution in [1.29, 1.82) is 5.41 Å². The average molecular weight is 1130 g/mol. The summed E-state index contributed by atoms with van der Waals surface area (Å²) in [5, 5.41) is 30.5. The molecule has 8 heterocycles. The van der Waals surface area contributed by atoms with Gasteiger partial charge in [-0.2, -0.15) is 20.2 Å². The Labute approximate surface area is 487 Å². The molecule has 19 nitrogen and oxygen atoms in total. The van der Waals surface area contributed by atoms with Crippen LogP contribution in [0.4, 0.5) is 11.5 Å². The molecule has 434 valence electrons. The second-order valence-corrected chi connectivity index (χ2v) is 24.9. The Morgan fingerprint density at radius 3 is 2.50 bits per heavy atom. The highest BCUT2D eigenvalue weighted by molar-refractivity contribution is 6.06. The van der Waals surface area contributed by atoms with Gasteiger partial charge in [0.25, 0.3) is 5.56 Å². The Hall–Kier alpha value is -8.16. The third-order valence-corrected chi connectivity index (χ3v) is 19.1. The topological polar surface area (TPSA) is 239 Å². The van der Waals surface area contributed by atoms with Crippen molar-refractivity contribution < 1.29 is 19.1 Å². The number of piperidine rings is 1. The number of aromatic amines is 1. The van der Waals surface area contributed by atoms with Crippen LogP contribution >= 0.6 is 0 Å². The van der Waals surface area contributed by atoms with Gasteiger partial charge >= 0.3 is 6.01 Å². The molecule has 6 fully saturated rings. The smallest absolute Gasteiger partial charge is 0.319 e. The van der Waals surface area contributed by atoms with Crippen molar-refractivity contribution in [3.05, 3.63) is 117 Å². The van der Waals surface area contributed by atoms with E-state index in [2.05, 4.69) is 50.8 Å². The zero-order valence-electron chi connectivity index (χ0n) is 48.3. The van der Waals surface area contributed by atoms with Crippen LogP contribution in [0, 0.1) is 23.7 Å². The number of piperazine rings is 1. The van der Waals surface area contributed by atoms with Gasteiger partial charge in [-0.1, -0.05) is 56.3 Å². The number of hydrogen-bond donors (Lipinski definition) is 6. The Balaban J connectivity index is 0.778. The number of H-pyrrole nitrogens is 1. The summed E-state index contributed by atoms with van der Waals surface area (Å²) in [5.41, 5.74) is 16.9. The molecular formula is C65H74N14O5. The molecule has 4 saturated heterocycles. The van der Waals surface area contributed by atoms with Gasteiger partial charge in [0.05, 0.1) is 5.69 Å². The van der Waals surface area contributed by atoms with E-state index in [4.69, 9.17) is 35.7 Å². The van der Waals surface area contributed by atoms with E-state index in [9.17, 15) is 14.4 Å². The summed E-state index contributed by atoms with van der Waals surface area (Å²) in [6.45, 7) is 13.5. The second-order valence-electron chi connectivity index (χ2n) is 24.9. The van der Waals surface area contributed by atoms with Crippen LogP contribution in [0.5, 0.6) is 11.8 Å². The standard InChI is InChI=1S/C65H74N14O5/c1-5-78-52(18-21-71-78)41-12-9-38(10-13-41)31-70-61(80)53-7-6-24-76(53)63(82)58(36(2)3)79-34-49-45-16-11-39(25-51(45)72-62(81)57(49)75-79)35-83-59-55(54-37(4)8-17-50(67)48(54)30-66)46(40-14-15-40)27-47-56(59)73-64(74-60(47)77-33-42-26-43(77)32-69-42)84-44-28-65(29-44)19-22-68-23-20-65/h8-13,16-18,21,25,27,30,34,36,40,42-44,53,58,66,68-69H,5-7,14-15,19-20,22-24,26,28-29,31-33,35,67H2,1-4H3,(H,70,80)(H,72,81). The number of pyridine rings is 1. The Bertz CT molecular complexity index is 3960. The molecule has 4 atom stereocenters. The number of hydrogen-bond acceptors (Lipinski definition) is 14. The number of anilines is 2. The number of ether oxygens (including phenoxy) is 2. The van der Waals surface area contributed by atoms with Crippen LogP contribution in [0.2, 0.25) is 0 Å². The number of aryl methyl sites for hydroxylation is 2. The number of nitrogens with two attached hydrogens (primary N) is 1. The summed E-state index contributed by atoms with van der Waals surface area (Å²) in [6, 6.07) is 21.8. The van der Waals surface area contributed by atoms with Crippen LogP contribution in [-0.4, -0.2) is 114 Å². The fourth-order valence-electron chi connectivity index (χ4n) is 14.5. The lowest BCUT2D eigenvalue weighted by Crippen LogP contribution is -2.50. The Morgan fingerprint density at radius 1 is 0.952 bits per heavy atom. The maximum Gasteiger partial charge on any atom is 0.319 e. The lowest BCUT2D eigenvalue weighted by Gasteiger charge is -2.49. The molecule has 1 spiro atoms. The van der Waals surface area contributed by atoms with Crippen molar-refractivity contribution in [2.45, 2.75) is 141 Å². The lowest BCUT2D eigenvalue weighted by molar-refractivity contribution is -0.142. The van der Waals surface area contributed by atoms with Gasteiger partial charge in [0.2, 0.25) is 11.8 Å². The minimum absolute atomic E-state index is 0.00985. The number of nitrogen functional groups attached to an aromatic ring is 1. The number of aromatic nitrogens is 7. The predicted octanol–water partition coefficient (Wildman–Crippen LogP) is 8.68. The quantitative estimate of drug-likeness (QED) is 0.0370. The zero-order chi connectivity index (χ0) is 57.5. The number of rotatable bonds is 17. The lowest BCUT2D eigenvalue weighted by atomic mass is 9.62. The van der Waals surface area contributed by atoms with Crippen LogP contribution in [0.3, 0.4) is 0 Å². The van der Waals surface area contributed by atoms with E-state index in [0.29, 0.717) is 76.8 Å². The molecule has 2 saturated carbocycles. The van der Waals surface area contributed by atoms with Gasteiger partial charge in [-0.3, -0.25) is 23.7 Å². The van der Waals surface area contributed by atoms with Crippen molar-refractivity contribution in [1.82, 2.24) is 55.4 Å². The van der Waals surface area contributed by atoms with E-state index in [1.54, 1.807) is 22.0 Å². The molecule has 14 rings (SSSR count). The highest BCUT2D eigenvalue weighted by atomic mass is 16.5. The first-order chi connectivity index (χ1) is 40.8. The molecule has 0 radical (unpaired) electrons. The molecule has 4 aliphatic heterocycles. The van der Waals surface area contributed by atoms with Crippen molar-refractivity contribution in [2.24, 2.45) is 11.3 Å². The molecule has 7 N–H and O–H groups in total. The Morgan fingerprint density at radius 2 is 1.76 bits per heavy atom. The molecule has 84 heavy (non-hydrogen) atoms. The average Bonchev–Trinajstić information content (AvgIpc) is 1.59. The monoisotopic (exact) mass is 1130 g/mol. The van der Waals surface area contributed by atoms with Gasteiger partial charge in [-0.25, -0.2) is 0 Å². The van der Waals surface area contributed by atoms with Crippen molar-refractivity contribution in [2.75, 3.05) is 43.4 Å². The van der Waals surface area contributed by atoms with E-state index in [1.165, 1.54) is 6.21 Å². The highest BCUT2D eigenvalue weighted by Crippen LogP contribution is 2.54. The first-order valence-electron chi connectivity index (χ1n) is 30.4. The minimum atomic E-state index is -0.767. The molecule has 8 aromatic rings. The van der Waals surface area contributed by atoms with E-state index in [0.717, 1.165) is 139 Å². The predicted molar refractivity (Wildman–Crippen MR) is 326 cm³/mol. The largest absolute Gasteiger partial charge is 0.486 e. The normalized spacial score (nSPS) is 20.6. The van der Waals surface area contributed by atoms with Gasteiger partial charge in [0.15, 0.2) is 11.3 Å². The summed E-state index contributed by atoms with van der Waals surface area (Å²) in [4.78, 5) is 60.7. The number of likely N-dealkylation sites (tertiary alicyclic amines) is 1. The number of carbonyl (C=O) groups is 2. The molecule has 4 aromatic carbocycles. The fraction of sp³-hybridized carbons (Fsp3) is 0.446. The van der Waals surface area contributed by atoms with Gasteiger partial charge in [-0.05, 0) is 160 Å². The molecule has 6 aliphatic rings. The number of amides is 2. The van der Waals surface area contributed by atoms with Gasteiger partial charge in [0.1, 0.15) is 36.1 Å². The molecule has 2 bridgehead atoms. The number of fused-ring (bicyclic) bond motifs is 6. The van der Waals surface area contributed by atoms with Crippen LogP contribution in [0.15, 0.2) is 83.9 Å². The molecule has 4 aromatic heterocycles. The van der Waals surface area contributed by atoms with Gasteiger partial charge in [0, 0.05) is 102 Å².